The van der Waals surface area contributed by atoms with E-state index < -0.39 is 0 Å². The molecule has 0 radical (unpaired) electrons. The standard InChI is InChI=1S/C13H16O4/c1-8-10(7-13(14)17-8)9-4-5-11(15-2)12(6-9)16-3/h4-6,8,10H,7H2,1-3H3/t8-,10+/m1/s1. The topological polar surface area (TPSA) is 44.8 Å². The Hall–Kier alpha value is -1.71. The van der Waals surface area contributed by atoms with Crippen LogP contribution in [0.4, 0.5) is 0 Å². The van der Waals surface area contributed by atoms with Crippen molar-refractivity contribution in [3.8, 4) is 11.5 Å². The predicted molar refractivity (Wildman–Crippen MR) is 62.5 cm³/mol. The van der Waals surface area contributed by atoms with E-state index in [4.69, 9.17) is 14.2 Å². The van der Waals surface area contributed by atoms with E-state index in [9.17, 15) is 4.79 Å². The molecule has 92 valence electrons. The minimum absolute atomic E-state index is 0.0828. The van der Waals surface area contributed by atoms with Crippen molar-refractivity contribution in [1.82, 2.24) is 0 Å². The van der Waals surface area contributed by atoms with Crippen molar-refractivity contribution in [1.29, 1.82) is 0 Å². The number of rotatable bonds is 3. The average molecular weight is 236 g/mol. The maximum atomic E-state index is 11.2. The number of hydrogen-bond acceptors (Lipinski definition) is 4. The van der Waals surface area contributed by atoms with Crippen LogP contribution >= 0.6 is 0 Å². The molecule has 0 bridgehead atoms. The molecule has 0 N–H and O–H groups in total. The molecular formula is C13H16O4. The van der Waals surface area contributed by atoms with Crippen LogP contribution in [0, 0.1) is 0 Å². The minimum atomic E-state index is -0.141. The molecule has 4 nitrogen and oxygen atoms in total. The summed E-state index contributed by atoms with van der Waals surface area (Å²) in [4.78, 5) is 11.2. The van der Waals surface area contributed by atoms with Gasteiger partial charge in [0.2, 0.25) is 0 Å². The maximum Gasteiger partial charge on any atom is 0.306 e. The van der Waals surface area contributed by atoms with Gasteiger partial charge in [-0.05, 0) is 24.6 Å². The largest absolute Gasteiger partial charge is 0.493 e. The predicted octanol–water partition coefficient (Wildman–Crippen LogP) is 2.12. The lowest BCUT2D eigenvalue weighted by Gasteiger charge is -2.15. The van der Waals surface area contributed by atoms with E-state index >= 15 is 0 Å². The second-order valence-corrected chi connectivity index (χ2v) is 4.12. The summed E-state index contributed by atoms with van der Waals surface area (Å²) in [5.41, 5.74) is 1.04. The monoisotopic (exact) mass is 236 g/mol. The summed E-state index contributed by atoms with van der Waals surface area (Å²) in [5, 5.41) is 0. The molecule has 2 rings (SSSR count). The Balaban J connectivity index is 2.30. The lowest BCUT2D eigenvalue weighted by molar-refractivity contribution is -0.140. The molecule has 0 aliphatic carbocycles. The molecule has 2 atom stereocenters. The van der Waals surface area contributed by atoms with Gasteiger partial charge in [-0.1, -0.05) is 6.07 Å². The number of cyclic esters (lactones) is 1. The normalized spacial score (nSPS) is 23.4. The SMILES string of the molecule is COc1ccc([C@H]2CC(=O)O[C@@H]2C)cc1OC. The summed E-state index contributed by atoms with van der Waals surface area (Å²) in [7, 11) is 3.20. The Morgan fingerprint density at radius 1 is 1.24 bits per heavy atom. The first-order valence-corrected chi connectivity index (χ1v) is 5.57. The zero-order chi connectivity index (χ0) is 12.4. The van der Waals surface area contributed by atoms with Crippen LogP contribution in [0.25, 0.3) is 0 Å². The Morgan fingerprint density at radius 2 is 1.94 bits per heavy atom. The highest BCUT2D eigenvalue weighted by Crippen LogP contribution is 2.36. The molecule has 1 heterocycles. The number of methoxy groups -OCH3 is 2. The Morgan fingerprint density at radius 3 is 2.47 bits per heavy atom. The zero-order valence-corrected chi connectivity index (χ0v) is 10.2. The number of carbonyl (C=O) groups is 1. The summed E-state index contributed by atoms with van der Waals surface area (Å²) < 4.78 is 15.6. The Bertz CT molecular complexity index is 427. The molecule has 1 saturated heterocycles. The molecule has 17 heavy (non-hydrogen) atoms. The van der Waals surface area contributed by atoms with Gasteiger partial charge in [0.15, 0.2) is 11.5 Å². The first kappa shape index (κ1) is 11.8. The highest BCUT2D eigenvalue weighted by molar-refractivity contribution is 5.73. The van der Waals surface area contributed by atoms with Crippen molar-refractivity contribution >= 4 is 5.97 Å². The maximum absolute atomic E-state index is 11.2. The van der Waals surface area contributed by atoms with E-state index in [0.717, 1.165) is 5.56 Å². The van der Waals surface area contributed by atoms with Crippen molar-refractivity contribution in [2.45, 2.75) is 25.4 Å². The van der Waals surface area contributed by atoms with Gasteiger partial charge in [-0.3, -0.25) is 4.79 Å². The Kier molecular flexibility index (Phi) is 3.22. The molecule has 1 aromatic rings. The average Bonchev–Trinajstić information content (AvgIpc) is 2.67. The van der Waals surface area contributed by atoms with Crippen molar-refractivity contribution < 1.29 is 19.0 Å². The van der Waals surface area contributed by atoms with E-state index in [-0.39, 0.29) is 18.0 Å². The first-order chi connectivity index (χ1) is 8.15. The third kappa shape index (κ3) is 2.20. The molecule has 0 saturated carbocycles. The van der Waals surface area contributed by atoms with Crippen LogP contribution in [0.3, 0.4) is 0 Å². The second-order valence-electron chi connectivity index (χ2n) is 4.12. The van der Waals surface area contributed by atoms with Crippen molar-refractivity contribution in [2.75, 3.05) is 14.2 Å². The van der Waals surface area contributed by atoms with Gasteiger partial charge in [0.25, 0.3) is 0 Å². The molecule has 0 aromatic heterocycles. The van der Waals surface area contributed by atoms with Crippen molar-refractivity contribution in [3.63, 3.8) is 0 Å². The third-order valence-corrected chi connectivity index (χ3v) is 3.11. The minimum Gasteiger partial charge on any atom is -0.493 e. The van der Waals surface area contributed by atoms with Crippen LogP contribution in [0.15, 0.2) is 18.2 Å². The highest BCUT2D eigenvalue weighted by Gasteiger charge is 2.32. The molecular weight excluding hydrogens is 220 g/mol. The van der Waals surface area contributed by atoms with Crippen LogP contribution in [-0.4, -0.2) is 26.3 Å². The van der Waals surface area contributed by atoms with Crippen LogP contribution < -0.4 is 9.47 Å². The van der Waals surface area contributed by atoms with Gasteiger partial charge in [0.05, 0.1) is 20.6 Å². The smallest absolute Gasteiger partial charge is 0.306 e. The van der Waals surface area contributed by atoms with Crippen molar-refractivity contribution in [2.24, 2.45) is 0 Å². The van der Waals surface area contributed by atoms with Crippen molar-refractivity contribution in [3.05, 3.63) is 23.8 Å². The summed E-state index contributed by atoms with van der Waals surface area (Å²) in [6.07, 6.45) is 0.344. The van der Waals surface area contributed by atoms with Gasteiger partial charge < -0.3 is 14.2 Å². The van der Waals surface area contributed by atoms with E-state index in [0.29, 0.717) is 17.9 Å². The van der Waals surface area contributed by atoms with Crippen LogP contribution in [0.2, 0.25) is 0 Å². The van der Waals surface area contributed by atoms with Crippen LogP contribution in [-0.2, 0) is 9.53 Å². The van der Waals surface area contributed by atoms with E-state index in [1.807, 2.05) is 25.1 Å². The molecule has 1 fully saturated rings. The highest BCUT2D eigenvalue weighted by atomic mass is 16.5. The number of benzene rings is 1. The molecule has 0 spiro atoms. The third-order valence-electron chi connectivity index (χ3n) is 3.11. The number of hydrogen-bond donors (Lipinski definition) is 0. The number of carbonyl (C=O) groups excluding carboxylic acids is 1. The first-order valence-electron chi connectivity index (χ1n) is 5.57. The quantitative estimate of drug-likeness (QED) is 0.754. The van der Waals surface area contributed by atoms with Gasteiger partial charge in [-0.25, -0.2) is 0 Å². The fraction of sp³-hybridized carbons (Fsp3) is 0.462. The van der Waals surface area contributed by atoms with Gasteiger partial charge in [-0.15, -0.1) is 0 Å². The summed E-state index contributed by atoms with van der Waals surface area (Å²) in [6, 6.07) is 5.70. The molecule has 1 aromatic carbocycles. The molecule has 0 unspecified atom stereocenters. The zero-order valence-electron chi connectivity index (χ0n) is 10.2. The van der Waals surface area contributed by atoms with E-state index in [1.54, 1.807) is 14.2 Å². The second kappa shape index (κ2) is 4.65. The van der Waals surface area contributed by atoms with E-state index in [1.165, 1.54) is 0 Å². The van der Waals surface area contributed by atoms with Gasteiger partial charge in [0, 0.05) is 5.92 Å². The van der Waals surface area contributed by atoms with Gasteiger partial charge in [0.1, 0.15) is 6.10 Å². The fourth-order valence-corrected chi connectivity index (χ4v) is 2.16. The molecule has 1 aliphatic heterocycles. The summed E-state index contributed by atoms with van der Waals surface area (Å²) in [5.74, 6) is 1.32. The van der Waals surface area contributed by atoms with Crippen LogP contribution in [0.5, 0.6) is 11.5 Å². The molecule has 0 amide bonds. The summed E-state index contributed by atoms with van der Waals surface area (Å²) in [6.45, 7) is 1.91. The fourth-order valence-electron chi connectivity index (χ4n) is 2.16. The lowest BCUT2D eigenvalue weighted by Crippen LogP contribution is -2.09. The van der Waals surface area contributed by atoms with E-state index in [2.05, 4.69) is 0 Å². The van der Waals surface area contributed by atoms with Gasteiger partial charge in [-0.2, -0.15) is 0 Å². The summed E-state index contributed by atoms with van der Waals surface area (Å²) >= 11 is 0. The molecule has 1 aliphatic rings. The number of esters is 1. The van der Waals surface area contributed by atoms with Gasteiger partial charge >= 0.3 is 5.97 Å². The lowest BCUT2D eigenvalue weighted by atomic mass is 9.93. The Labute approximate surface area is 100 Å². The molecule has 4 heteroatoms. The van der Waals surface area contributed by atoms with Crippen LogP contribution in [0.1, 0.15) is 24.8 Å². The number of ether oxygens (including phenoxy) is 3.